The highest BCUT2D eigenvalue weighted by Gasteiger charge is 2.07. The Labute approximate surface area is 121 Å². The average molecular weight is 286 g/mol. The topological polar surface area (TPSA) is 42.2 Å². The van der Waals surface area contributed by atoms with Crippen molar-refractivity contribution in [2.75, 3.05) is 0 Å². The number of carbonyl (C=O) groups is 1. The monoisotopic (exact) mass is 285 g/mol. The van der Waals surface area contributed by atoms with Gasteiger partial charge in [0.05, 0.1) is 5.56 Å². The maximum absolute atomic E-state index is 11.0. The minimum atomic E-state index is -0.911. The van der Waals surface area contributed by atoms with Gasteiger partial charge in [-0.05, 0) is 35.9 Å². The van der Waals surface area contributed by atoms with Crippen LogP contribution < -0.4 is 0 Å². The van der Waals surface area contributed by atoms with Crippen LogP contribution in [0, 0.1) is 0 Å². The Morgan fingerprint density at radius 3 is 2.70 bits per heavy atom. The van der Waals surface area contributed by atoms with Crippen molar-refractivity contribution in [3.63, 3.8) is 0 Å². The fourth-order valence-electron chi connectivity index (χ4n) is 2.28. The van der Waals surface area contributed by atoms with Crippen LogP contribution in [0.5, 0.6) is 0 Å². The number of carboxylic acids is 1. The largest absolute Gasteiger partial charge is 0.478 e. The molecule has 0 aliphatic rings. The SMILES string of the molecule is O=C(O)c1ccc2c(ccn2Cc2ccccc2Cl)c1. The summed E-state index contributed by atoms with van der Waals surface area (Å²) in [6.07, 6.45) is 1.94. The third kappa shape index (κ3) is 2.28. The fourth-order valence-corrected chi connectivity index (χ4v) is 2.48. The summed E-state index contributed by atoms with van der Waals surface area (Å²) in [5, 5.41) is 10.6. The molecule has 4 heteroatoms. The Bertz CT molecular complexity index is 792. The van der Waals surface area contributed by atoms with E-state index in [1.807, 2.05) is 42.6 Å². The Morgan fingerprint density at radius 1 is 1.15 bits per heavy atom. The zero-order valence-electron chi connectivity index (χ0n) is 10.6. The molecule has 0 radical (unpaired) electrons. The second-order valence-corrected chi connectivity index (χ2v) is 5.02. The number of hydrogen-bond acceptors (Lipinski definition) is 1. The third-order valence-electron chi connectivity index (χ3n) is 3.32. The van der Waals surface area contributed by atoms with Crippen molar-refractivity contribution in [2.24, 2.45) is 0 Å². The molecule has 1 aromatic heterocycles. The molecule has 1 heterocycles. The highest BCUT2D eigenvalue weighted by atomic mass is 35.5. The number of aromatic carboxylic acids is 1. The van der Waals surface area contributed by atoms with Gasteiger partial charge in [-0.25, -0.2) is 4.79 Å². The van der Waals surface area contributed by atoms with E-state index in [9.17, 15) is 4.79 Å². The molecule has 20 heavy (non-hydrogen) atoms. The second kappa shape index (κ2) is 5.02. The lowest BCUT2D eigenvalue weighted by Gasteiger charge is -2.07. The van der Waals surface area contributed by atoms with Crippen LogP contribution in [0.1, 0.15) is 15.9 Å². The van der Waals surface area contributed by atoms with Gasteiger partial charge in [0.2, 0.25) is 0 Å². The number of halogens is 1. The molecule has 0 fully saturated rings. The molecule has 0 amide bonds. The molecule has 0 aliphatic heterocycles. The molecule has 3 nitrogen and oxygen atoms in total. The van der Waals surface area contributed by atoms with Gasteiger partial charge in [-0.2, -0.15) is 0 Å². The Balaban J connectivity index is 2.01. The molecule has 3 rings (SSSR count). The summed E-state index contributed by atoms with van der Waals surface area (Å²) in [5.74, 6) is -0.911. The van der Waals surface area contributed by atoms with Crippen LogP contribution in [0.2, 0.25) is 5.02 Å². The summed E-state index contributed by atoms with van der Waals surface area (Å²) >= 11 is 6.17. The summed E-state index contributed by atoms with van der Waals surface area (Å²) in [5.41, 5.74) is 2.33. The van der Waals surface area contributed by atoms with Crippen molar-refractivity contribution in [1.29, 1.82) is 0 Å². The lowest BCUT2D eigenvalue weighted by Crippen LogP contribution is -1.99. The number of hydrogen-bond donors (Lipinski definition) is 1. The number of nitrogens with zero attached hydrogens (tertiary/aromatic N) is 1. The summed E-state index contributed by atoms with van der Waals surface area (Å²) in [4.78, 5) is 11.0. The standard InChI is InChI=1S/C16H12ClNO2/c17-14-4-2-1-3-13(14)10-18-8-7-11-9-12(16(19)20)5-6-15(11)18/h1-9H,10H2,(H,19,20). The van der Waals surface area contributed by atoms with Gasteiger partial charge in [0.15, 0.2) is 0 Å². The molecule has 1 N–H and O–H groups in total. The predicted octanol–water partition coefficient (Wildman–Crippen LogP) is 4.04. The van der Waals surface area contributed by atoms with Crippen molar-refractivity contribution in [1.82, 2.24) is 4.57 Å². The van der Waals surface area contributed by atoms with E-state index < -0.39 is 5.97 Å². The average Bonchev–Trinajstić information content (AvgIpc) is 2.84. The van der Waals surface area contributed by atoms with E-state index in [1.54, 1.807) is 12.1 Å². The Hall–Kier alpha value is -2.26. The molecule has 100 valence electrons. The number of fused-ring (bicyclic) bond motifs is 1. The molecule has 0 unspecified atom stereocenters. The fraction of sp³-hybridized carbons (Fsp3) is 0.0625. The molecule has 3 aromatic rings. The smallest absolute Gasteiger partial charge is 0.335 e. The maximum Gasteiger partial charge on any atom is 0.335 e. The number of aromatic nitrogens is 1. The molecular weight excluding hydrogens is 274 g/mol. The normalized spacial score (nSPS) is 10.8. The minimum Gasteiger partial charge on any atom is -0.478 e. The van der Waals surface area contributed by atoms with Crippen LogP contribution in [0.3, 0.4) is 0 Å². The minimum absolute atomic E-state index is 0.299. The highest BCUT2D eigenvalue weighted by Crippen LogP contribution is 2.22. The quantitative estimate of drug-likeness (QED) is 0.789. The van der Waals surface area contributed by atoms with Crippen molar-refractivity contribution in [3.8, 4) is 0 Å². The number of benzene rings is 2. The van der Waals surface area contributed by atoms with Gasteiger partial charge < -0.3 is 9.67 Å². The van der Waals surface area contributed by atoms with Gasteiger partial charge in [-0.3, -0.25) is 0 Å². The van der Waals surface area contributed by atoms with Crippen LogP contribution in [0.15, 0.2) is 54.7 Å². The lowest BCUT2D eigenvalue weighted by molar-refractivity contribution is 0.0697. The van der Waals surface area contributed by atoms with Gasteiger partial charge in [-0.1, -0.05) is 29.8 Å². The number of rotatable bonds is 3. The molecule has 0 atom stereocenters. The Kier molecular flexibility index (Phi) is 3.20. The molecule has 0 spiro atoms. The van der Waals surface area contributed by atoms with Crippen molar-refractivity contribution in [3.05, 3.63) is 70.9 Å². The van der Waals surface area contributed by atoms with Crippen LogP contribution >= 0.6 is 11.6 Å². The molecule has 2 aromatic carbocycles. The van der Waals surface area contributed by atoms with E-state index in [2.05, 4.69) is 4.57 Å². The predicted molar refractivity (Wildman–Crippen MR) is 79.5 cm³/mol. The van der Waals surface area contributed by atoms with Crippen LogP contribution in [0.4, 0.5) is 0 Å². The zero-order valence-corrected chi connectivity index (χ0v) is 11.3. The van der Waals surface area contributed by atoms with Crippen molar-refractivity contribution < 1.29 is 9.90 Å². The van der Waals surface area contributed by atoms with Crippen LogP contribution in [0.25, 0.3) is 10.9 Å². The van der Waals surface area contributed by atoms with E-state index in [4.69, 9.17) is 16.7 Å². The van der Waals surface area contributed by atoms with E-state index in [0.717, 1.165) is 21.5 Å². The van der Waals surface area contributed by atoms with Crippen molar-refractivity contribution in [2.45, 2.75) is 6.54 Å². The number of carboxylic acid groups (broad SMARTS) is 1. The van der Waals surface area contributed by atoms with Gasteiger partial charge in [-0.15, -0.1) is 0 Å². The third-order valence-corrected chi connectivity index (χ3v) is 3.69. The molecule has 0 saturated carbocycles. The molecular formula is C16H12ClNO2. The van der Waals surface area contributed by atoms with Crippen LogP contribution in [-0.2, 0) is 6.54 Å². The Morgan fingerprint density at radius 2 is 1.95 bits per heavy atom. The van der Waals surface area contributed by atoms with Gasteiger partial charge in [0.1, 0.15) is 0 Å². The molecule has 0 saturated heterocycles. The van der Waals surface area contributed by atoms with E-state index in [1.165, 1.54) is 0 Å². The highest BCUT2D eigenvalue weighted by molar-refractivity contribution is 6.31. The van der Waals surface area contributed by atoms with Crippen molar-refractivity contribution >= 4 is 28.5 Å². The summed E-state index contributed by atoms with van der Waals surface area (Å²) in [7, 11) is 0. The zero-order chi connectivity index (χ0) is 14.1. The van der Waals surface area contributed by atoms with Gasteiger partial charge in [0, 0.05) is 28.7 Å². The summed E-state index contributed by atoms with van der Waals surface area (Å²) < 4.78 is 2.06. The lowest BCUT2D eigenvalue weighted by atomic mass is 10.1. The van der Waals surface area contributed by atoms with Gasteiger partial charge in [0.25, 0.3) is 0 Å². The molecule has 0 aliphatic carbocycles. The van der Waals surface area contributed by atoms with Crippen LogP contribution in [-0.4, -0.2) is 15.6 Å². The van der Waals surface area contributed by atoms with E-state index >= 15 is 0 Å². The summed E-state index contributed by atoms with van der Waals surface area (Å²) in [6, 6.07) is 14.8. The van der Waals surface area contributed by atoms with E-state index in [0.29, 0.717) is 12.1 Å². The molecule has 0 bridgehead atoms. The second-order valence-electron chi connectivity index (χ2n) is 4.61. The first kappa shape index (κ1) is 12.8. The first-order valence-corrected chi connectivity index (χ1v) is 6.58. The maximum atomic E-state index is 11.0. The first-order valence-electron chi connectivity index (χ1n) is 6.21. The summed E-state index contributed by atoms with van der Waals surface area (Å²) in [6.45, 7) is 0.662. The first-order chi connectivity index (χ1) is 9.65. The van der Waals surface area contributed by atoms with Gasteiger partial charge >= 0.3 is 5.97 Å². The van der Waals surface area contributed by atoms with E-state index in [-0.39, 0.29) is 0 Å².